The van der Waals surface area contributed by atoms with Crippen molar-refractivity contribution in [3.05, 3.63) is 48.8 Å². The van der Waals surface area contributed by atoms with E-state index in [-0.39, 0.29) is 0 Å². The number of nitrogens with one attached hydrogen (secondary N) is 1. The van der Waals surface area contributed by atoms with Crippen LogP contribution in [0.15, 0.2) is 48.8 Å². The van der Waals surface area contributed by atoms with Crippen LogP contribution in [0.5, 0.6) is 0 Å². The smallest absolute Gasteiger partial charge is 0.0438 e. The molecule has 82 valence electrons. The van der Waals surface area contributed by atoms with Crippen LogP contribution in [0.1, 0.15) is 0 Å². The number of pyridine rings is 1. The second-order valence-electron chi connectivity index (χ2n) is 3.56. The molecule has 3 nitrogen and oxygen atoms in total. The summed E-state index contributed by atoms with van der Waals surface area (Å²) in [5, 5.41) is 3.10. The first kappa shape index (κ1) is 10.5. The molecule has 3 heteroatoms. The van der Waals surface area contributed by atoms with Gasteiger partial charge in [-0.2, -0.15) is 0 Å². The number of aromatic nitrogens is 1. The van der Waals surface area contributed by atoms with Crippen molar-refractivity contribution in [3.63, 3.8) is 0 Å². The van der Waals surface area contributed by atoms with Gasteiger partial charge in [0.15, 0.2) is 0 Å². The average molecular weight is 213 g/mol. The summed E-state index contributed by atoms with van der Waals surface area (Å²) >= 11 is 0. The Kier molecular flexibility index (Phi) is 3.05. The third kappa shape index (κ3) is 2.14. The van der Waals surface area contributed by atoms with Gasteiger partial charge < -0.3 is 10.2 Å². The molecule has 0 aliphatic heterocycles. The second-order valence-corrected chi connectivity index (χ2v) is 3.56. The predicted molar refractivity (Wildman–Crippen MR) is 68.3 cm³/mol. The number of nitrogens with zero attached hydrogens (tertiary/aromatic N) is 2. The van der Waals surface area contributed by atoms with E-state index in [0.717, 1.165) is 17.1 Å². The highest BCUT2D eigenvalue weighted by molar-refractivity contribution is 5.64. The fourth-order valence-electron chi connectivity index (χ4n) is 1.57. The van der Waals surface area contributed by atoms with E-state index in [1.54, 1.807) is 12.4 Å². The summed E-state index contributed by atoms with van der Waals surface area (Å²) in [6, 6.07) is 12.3. The molecule has 0 amide bonds. The Balaban J connectivity index is 2.24. The monoisotopic (exact) mass is 213 g/mol. The molecular formula is C13H15N3. The van der Waals surface area contributed by atoms with Crippen LogP contribution in [0.3, 0.4) is 0 Å². The minimum absolute atomic E-state index is 1.12. The van der Waals surface area contributed by atoms with Crippen LogP contribution in [0.4, 0.5) is 17.1 Å². The number of rotatable bonds is 3. The van der Waals surface area contributed by atoms with Crippen LogP contribution in [0.2, 0.25) is 0 Å². The summed E-state index contributed by atoms with van der Waals surface area (Å²) in [7, 11) is 3.96. The summed E-state index contributed by atoms with van der Waals surface area (Å²) < 4.78 is 0. The van der Waals surface area contributed by atoms with Crippen LogP contribution in [-0.4, -0.2) is 19.1 Å². The molecule has 2 aromatic rings. The van der Waals surface area contributed by atoms with Gasteiger partial charge in [-0.15, -0.1) is 0 Å². The normalized spacial score (nSPS) is 9.88. The van der Waals surface area contributed by atoms with Crippen molar-refractivity contribution in [1.82, 2.24) is 4.98 Å². The van der Waals surface area contributed by atoms with Crippen LogP contribution in [-0.2, 0) is 0 Å². The molecule has 0 bridgehead atoms. The standard InChI is InChI=1S/C13H15N3/c1-14-11-3-5-12(6-4-11)16(2)13-7-9-15-10-8-13/h3-10,14H,1-2H3. The van der Waals surface area contributed by atoms with Crippen molar-refractivity contribution in [1.29, 1.82) is 0 Å². The first-order valence-electron chi connectivity index (χ1n) is 5.23. The van der Waals surface area contributed by atoms with Crippen molar-refractivity contribution in [2.24, 2.45) is 0 Å². The van der Waals surface area contributed by atoms with E-state index in [0.29, 0.717) is 0 Å². The summed E-state index contributed by atoms with van der Waals surface area (Å²) in [4.78, 5) is 6.14. The van der Waals surface area contributed by atoms with Gasteiger partial charge in [0, 0.05) is 43.6 Å². The molecule has 0 aliphatic rings. The lowest BCUT2D eigenvalue weighted by Crippen LogP contribution is -2.09. The van der Waals surface area contributed by atoms with Gasteiger partial charge in [0.25, 0.3) is 0 Å². The summed E-state index contributed by atoms with van der Waals surface area (Å²) in [5.74, 6) is 0. The topological polar surface area (TPSA) is 28.2 Å². The van der Waals surface area contributed by atoms with E-state index < -0.39 is 0 Å². The molecule has 0 radical (unpaired) electrons. The summed E-state index contributed by atoms with van der Waals surface area (Å²) in [6.07, 6.45) is 3.60. The van der Waals surface area contributed by atoms with Crippen molar-refractivity contribution >= 4 is 17.1 Å². The lowest BCUT2D eigenvalue weighted by Gasteiger charge is -2.19. The van der Waals surface area contributed by atoms with Gasteiger partial charge in [-0.25, -0.2) is 0 Å². The van der Waals surface area contributed by atoms with E-state index in [2.05, 4.69) is 39.5 Å². The summed E-state index contributed by atoms with van der Waals surface area (Å²) in [6.45, 7) is 0. The minimum atomic E-state index is 1.12. The first-order valence-corrected chi connectivity index (χ1v) is 5.23. The van der Waals surface area contributed by atoms with Crippen molar-refractivity contribution in [3.8, 4) is 0 Å². The Morgan fingerprint density at radius 1 is 0.938 bits per heavy atom. The van der Waals surface area contributed by atoms with Gasteiger partial charge in [-0.1, -0.05) is 0 Å². The van der Waals surface area contributed by atoms with Gasteiger partial charge in [0.1, 0.15) is 0 Å². The third-order valence-electron chi connectivity index (χ3n) is 2.59. The molecule has 0 saturated heterocycles. The van der Waals surface area contributed by atoms with Crippen LogP contribution >= 0.6 is 0 Å². The predicted octanol–water partition coefficient (Wildman–Crippen LogP) is 2.89. The van der Waals surface area contributed by atoms with Gasteiger partial charge in [0.05, 0.1) is 0 Å². The molecule has 0 fully saturated rings. The van der Waals surface area contributed by atoms with E-state index in [9.17, 15) is 0 Å². The van der Waals surface area contributed by atoms with Crippen molar-refractivity contribution in [2.75, 3.05) is 24.3 Å². The Morgan fingerprint density at radius 2 is 1.50 bits per heavy atom. The summed E-state index contributed by atoms with van der Waals surface area (Å²) in [5.41, 5.74) is 3.41. The van der Waals surface area contributed by atoms with Gasteiger partial charge in [0.2, 0.25) is 0 Å². The molecule has 0 spiro atoms. The SMILES string of the molecule is CNc1ccc(N(C)c2ccncc2)cc1. The average Bonchev–Trinajstić information content (AvgIpc) is 2.39. The van der Waals surface area contributed by atoms with Crippen LogP contribution in [0.25, 0.3) is 0 Å². The Bertz CT molecular complexity index is 436. The highest BCUT2D eigenvalue weighted by atomic mass is 15.1. The van der Waals surface area contributed by atoms with E-state index in [1.807, 2.05) is 26.2 Å². The highest BCUT2D eigenvalue weighted by Gasteiger charge is 2.02. The van der Waals surface area contributed by atoms with E-state index in [4.69, 9.17) is 0 Å². The molecule has 0 unspecified atom stereocenters. The maximum Gasteiger partial charge on any atom is 0.0438 e. The molecule has 0 atom stereocenters. The molecule has 1 heterocycles. The number of hydrogen-bond acceptors (Lipinski definition) is 3. The van der Waals surface area contributed by atoms with Crippen LogP contribution < -0.4 is 10.2 Å². The largest absolute Gasteiger partial charge is 0.388 e. The van der Waals surface area contributed by atoms with E-state index in [1.165, 1.54) is 0 Å². The van der Waals surface area contributed by atoms with Gasteiger partial charge in [-0.05, 0) is 36.4 Å². The van der Waals surface area contributed by atoms with Crippen molar-refractivity contribution in [2.45, 2.75) is 0 Å². The van der Waals surface area contributed by atoms with Gasteiger partial charge >= 0.3 is 0 Å². The zero-order valence-electron chi connectivity index (χ0n) is 9.51. The number of hydrogen-bond donors (Lipinski definition) is 1. The number of anilines is 3. The Hall–Kier alpha value is -2.03. The lowest BCUT2D eigenvalue weighted by atomic mass is 10.2. The molecule has 1 aromatic heterocycles. The molecule has 2 rings (SSSR count). The van der Waals surface area contributed by atoms with Gasteiger partial charge in [-0.3, -0.25) is 4.98 Å². The molecule has 1 aromatic carbocycles. The third-order valence-corrected chi connectivity index (χ3v) is 2.59. The highest BCUT2D eigenvalue weighted by Crippen LogP contribution is 2.23. The minimum Gasteiger partial charge on any atom is -0.388 e. The fraction of sp³-hybridized carbons (Fsp3) is 0.154. The zero-order valence-corrected chi connectivity index (χ0v) is 9.51. The van der Waals surface area contributed by atoms with E-state index >= 15 is 0 Å². The molecule has 0 saturated carbocycles. The first-order chi connectivity index (χ1) is 7.81. The maximum absolute atomic E-state index is 4.01. The Labute approximate surface area is 95.7 Å². The quantitative estimate of drug-likeness (QED) is 0.849. The Morgan fingerprint density at radius 3 is 2.06 bits per heavy atom. The molecule has 16 heavy (non-hydrogen) atoms. The second kappa shape index (κ2) is 4.66. The maximum atomic E-state index is 4.01. The lowest BCUT2D eigenvalue weighted by molar-refractivity contribution is 1.19. The van der Waals surface area contributed by atoms with Crippen LogP contribution in [0, 0.1) is 0 Å². The molecular weight excluding hydrogens is 198 g/mol. The molecule has 1 N–H and O–H groups in total. The molecule has 0 aliphatic carbocycles. The fourth-order valence-corrected chi connectivity index (χ4v) is 1.57. The number of benzene rings is 1. The van der Waals surface area contributed by atoms with Crippen molar-refractivity contribution < 1.29 is 0 Å². The zero-order chi connectivity index (χ0) is 11.4.